The highest BCUT2D eigenvalue weighted by molar-refractivity contribution is 6.18. The van der Waals surface area contributed by atoms with Crippen molar-refractivity contribution in [2.45, 2.75) is 0 Å². The summed E-state index contributed by atoms with van der Waals surface area (Å²) in [5, 5.41) is 4.53. The molecule has 47 heavy (non-hydrogen) atoms. The van der Waals surface area contributed by atoms with Gasteiger partial charge in [0, 0.05) is 27.6 Å². The van der Waals surface area contributed by atoms with Crippen molar-refractivity contribution in [2.75, 3.05) is 0 Å². The molecule has 0 atom stereocenters. The number of fused-ring (bicyclic) bond motifs is 5. The van der Waals surface area contributed by atoms with Gasteiger partial charge in [0.05, 0.1) is 11.4 Å². The maximum atomic E-state index is 6.21. The molecule has 0 unspecified atom stereocenters. The third-order valence-electron chi connectivity index (χ3n) is 8.70. The van der Waals surface area contributed by atoms with Gasteiger partial charge in [-0.2, -0.15) is 0 Å². The molecule has 9 rings (SSSR count). The van der Waals surface area contributed by atoms with Gasteiger partial charge in [-0.15, -0.1) is 0 Å². The molecule has 0 aliphatic carbocycles. The molecule has 2 aromatic heterocycles. The first kappa shape index (κ1) is 27.0. The van der Waals surface area contributed by atoms with Crippen LogP contribution in [0.25, 0.3) is 89.1 Å². The van der Waals surface area contributed by atoms with Gasteiger partial charge in [-0.05, 0) is 63.7 Å². The summed E-state index contributed by atoms with van der Waals surface area (Å²) in [7, 11) is 0. The molecular formula is C43H27N3O. The molecule has 0 aliphatic rings. The van der Waals surface area contributed by atoms with Crippen LogP contribution in [0.2, 0.25) is 0 Å². The van der Waals surface area contributed by atoms with Crippen LogP contribution >= 0.6 is 0 Å². The molecule has 0 amide bonds. The van der Waals surface area contributed by atoms with Gasteiger partial charge in [-0.25, -0.2) is 15.0 Å². The molecule has 0 aliphatic heterocycles. The van der Waals surface area contributed by atoms with Gasteiger partial charge < -0.3 is 4.42 Å². The van der Waals surface area contributed by atoms with E-state index in [1.54, 1.807) is 0 Å². The summed E-state index contributed by atoms with van der Waals surface area (Å²) in [5.74, 6) is 1.33. The highest BCUT2D eigenvalue weighted by atomic mass is 16.3. The normalized spacial score (nSPS) is 11.4. The largest absolute Gasteiger partial charge is 0.436 e. The Morgan fingerprint density at radius 3 is 1.66 bits per heavy atom. The Morgan fingerprint density at radius 1 is 0.383 bits per heavy atom. The summed E-state index contributed by atoms with van der Waals surface area (Å²) in [4.78, 5) is 15.1. The lowest BCUT2D eigenvalue weighted by atomic mass is 9.96. The second kappa shape index (κ2) is 11.2. The standard InChI is InChI=1S/C43H27N3O/c1-4-11-28(12-5-1)37-27-38(29-13-6-2-7-14-29)45-42(44-37)35-18-10-17-32(26-35)33-21-23-36-34(25-33)20-19-30-22-24-39-41(40(30)36)46-43(47-39)31-15-8-3-9-16-31/h1-27H. The van der Waals surface area contributed by atoms with Crippen LogP contribution in [-0.4, -0.2) is 15.0 Å². The minimum atomic E-state index is 0.632. The molecule has 2 heterocycles. The fourth-order valence-corrected chi connectivity index (χ4v) is 6.35. The second-order valence-corrected chi connectivity index (χ2v) is 11.7. The Bertz CT molecular complexity index is 2500. The van der Waals surface area contributed by atoms with Crippen molar-refractivity contribution in [1.82, 2.24) is 15.0 Å². The SMILES string of the molecule is c1ccc(-c2cc(-c3ccccc3)nc(-c3cccc(-c4ccc5c(ccc6ccc7oc(-c8ccccc8)nc7c65)c4)c3)n2)cc1. The summed E-state index contributed by atoms with van der Waals surface area (Å²) in [6, 6.07) is 56.3. The van der Waals surface area contributed by atoms with Gasteiger partial charge in [-0.1, -0.05) is 127 Å². The van der Waals surface area contributed by atoms with Gasteiger partial charge in [-0.3, -0.25) is 0 Å². The smallest absolute Gasteiger partial charge is 0.227 e. The van der Waals surface area contributed by atoms with E-state index in [2.05, 4.69) is 91.0 Å². The van der Waals surface area contributed by atoms with E-state index in [1.165, 1.54) is 0 Å². The fraction of sp³-hybridized carbons (Fsp3) is 0. The molecule has 0 spiro atoms. The number of hydrogen-bond acceptors (Lipinski definition) is 4. The highest BCUT2D eigenvalue weighted by Gasteiger charge is 2.15. The van der Waals surface area contributed by atoms with Gasteiger partial charge in [0.1, 0.15) is 5.52 Å². The van der Waals surface area contributed by atoms with Crippen LogP contribution in [0.1, 0.15) is 0 Å². The van der Waals surface area contributed by atoms with E-state index in [0.717, 1.165) is 77.4 Å². The number of benzene rings is 7. The zero-order valence-corrected chi connectivity index (χ0v) is 25.3. The van der Waals surface area contributed by atoms with Crippen molar-refractivity contribution >= 4 is 32.6 Å². The minimum Gasteiger partial charge on any atom is -0.436 e. The Balaban J connectivity index is 1.15. The summed E-state index contributed by atoms with van der Waals surface area (Å²) >= 11 is 0. The average Bonchev–Trinajstić information content (AvgIpc) is 3.60. The van der Waals surface area contributed by atoms with Gasteiger partial charge >= 0.3 is 0 Å². The van der Waals surface area contributed by atoms with Crippen molar-refractivity contribution in [1.29, 1.82) is 0 Å². The van der Waals surface area contributed by atoms with Crippen LogP contribution < -0.4 is 0 Å². The first-order valence-electron chi connectivity index (χ1n) is 15.7. The van der Waals surface area contributed by atoms with Crippen LogP contribution in [0.4, 0.5) is 0 Å². The molecule has 0 fully saturated rings. The minimum absolute atomic E-state index is 0.632. The first-order chi connectivity index (χ1) is 23.3. The molecule has 4 nitrogen and oxygen atoms in total. The number of oxazole rings is 1. The van der Waals surface area contributed by atoms with Crippen molar-refractivity contribution in [3.8, 4) is 56.5 Å². The van der Waals surface area contributed by atoms with Crippen LogP contribution in [-0.2, 0) is 0 Å². The average molecular weight is 602 g/mol. The molecule has 220 valence electrons. The van der Waals surface area contributed by atoms with Gasteiger partial charge in [0.25, 0.3) is 0 Å². The maximum Gasteiger partial charge on any atom is 0.227 e. The Hall–Kier alpha value is -6.39. The Kier molecular flexibility index (Phi) is 6.43. The second-order valence-electron chi connectivity index (χ2n) is 11.7. The number of aromatic nitrogens is 3. The lowest BCUT2D eigenvalue weighted by Gasteiger charge is -2.11. The van der Waals surface area contributed by atoms with Crippen LogP contribution in [0, 0.1) is 0 Å². The third kappa shape index (κ3) is 4.93. The van der Waals surface area contributed by atoms with E-state index in [9.17, 15) is 0 Å². The van der Waals surface area contributed by atoms with E-state index in [0.29, 0.717) is 11.7 Å². The van der Waals surface area contributed by atoms with E-state index in [4.69, 9.17) is 19.4 Å². The number of rotatable bonds is 5. The number of nitrogens with zero attached hydrogens (tertiary/aromatic N) is 3. The van der Waals surface area contributed by atoms with Crippen LogP contribution in [0.3, 0.4) is 0 Å². The Labute approximate surface area is 271 Å². The summed E-state index contributed by atoms with van der Waals surface area (Å²) in [6.07, 6.45) is 0. The fourth-order valence-electron chi connectivity index (χ4n) is 6.35. The summed E-state index contributed by atoms with van der Waals surface area (Å²) in [5.41, 5.74) is 9.73. The van der Waals surface area contributed by atoms with Gasteiger partial charge in [0.15, 0.2) is 11.4 Å². The zero-order valence-electron chi connectivity index (χ0n) is 25.3. The third-order valence-corrected chi connectivity index (χ3v) is 8.70. The van der Waals surface area contributed by atoms with E-state index < -0.39 is 0 Å². The predicted octanol–water partition coefficient (Wildman–Crippen LogP) is 11.3. The van der Waals surface area contributed by atoms with E-state index in [-0.39, 0.29) is 0 Å². The van der Waals surface area contributed by atoms with Crippen LogP contribution in [0.5, 0.6) is 0 Å². The maximum absolute atomic E-state index is 6.21. The topological polar surface area (TPSA) is 51.8 Å². The van der Waals surface area contributed by atoms with Crippen LogP contribution in [0.15, 0.2) is 168 Å². The molecule has 4 heteroatoms. The molecule has 0 saturated carbocycles. The van der Waals surface area contributed by atoms with Crippen molar-refractivity contribution in [3.05, 3.63) is 164 Å². The molecule has 0 N–H and O–H groups in total. The molecule has 0 saturated heterocycles. The highest BCUT2D eigenvalue weighted by Crippen LogP contribution is 2.37. The van der Waals surface area contributed by atoms with Crippen molar-refractivity contribution in [3.63, 3.8) is 0 Å². The monoisotopic (exact) mass is 601 g/mol. The molecule has 0 radical (unpaired) electrons. The van der Waals surface area contributed by atoms with E-state index in [1.807, 2.05) is 72.8 Å². The van der Waals surface area contributed by atoms with Gasteiger partial charge in [0.2, 0.25) is 5.89 Å². The molecular weight excluding hydrogens is 574 g/mol. The quantitative estimate of drug-likeness (QED) is 0.184. The first-order valence-corrected chi connectivity index (χ1v) is 15.7. The van der Waals surface area contributed by atoms with E-state index >= 15 is 0 Å². The van der Waals surface area contributed by atoms with Crippen molar-refractivity contribution < 1.29 is 4.42 Å². The summed E-state index contributed by atoms with van der Waals surface area (Å²) in [6.45, 7) is 0. The number of hydrogen-bond donors (Lipinski definition) is 0. The lowest BCUT2D eigenvalue weighted by Crippen LogP contribution is -1.96. The Morgan fingerprint density at radius 2 is 0.957 bits per heavy atom. The zero-order chi connectivity index (χ0) is 31.2. The van der Waals surface area contributed by atoms with Crippen molar-refractivity contribution in [2.24, 2.45) is 0 Å². The predicted molar refractivity (Wildman–Crippen MR) is 192 cm³/mol. The molecule has 7 aromatic carbocycles. The molecule has 9 aromatic rings. The lowest BCUT2D eigenvalue weighted by molar-refractivity contribution is 0.620. The summed E-state index contributed by atoms with van der Waals surface area (Å²) < 4.78 is 6.21. The molecule has 0 bridgehead atoms.